The van der Waals surface area contributed by atoms with Crippen LogP contribution in [0.25, 0.3) is 0 Å². The topological polar surface area (TPSA) is 78.9 Å². The largest absolute Gasteiger partial charge is 0.469 e. The molecule has 0 aliphatic heterocycles. The van der Waals surface area contributed by atoms with E-state index in [1.807, 2.05) is 0 Å². The molecule has 6 heteroatoms. The Balaban J connectivity index is 2.35. The molecule has 3 atom stereocenters. The van der Waals surface area contributed by atoms with Crippen LogP contribution in [-0.4, -0.2) is 38.2 Å². The third-order valence-corrected chi connectivity index (χ3v) is 5.35. The molecule has 6 nitrogen and oxygen atoms in total. The smallest absolute Gasteiger partial charge is 0.323 e. The van der Waals surface area contributed by atoms with Gasteiger partial charge in [-0.2, -0.15) is 0 Å². The molecule has 2 aliphatic rings. The van der Waals surface area contributed by atoms with Crippen LogP contribution in [0.3, 0.4) is 0 Å². The molecule has 0 spiro atoms. The highest BCUT2D eigenvalue weighted by atomic mass is 16.6. The summed E-state index contributed by atoms with van der Waals surface area (Å²) >= 11 is 0. The number of carbonyl (C=O) groups is 3. The van der Waals surface area contributed by atoms with Gasteiger partial charge >= 0.3 is 17.9 Å². The van der Waals surface area contributed by atoms with Gasteiger partial charge in [-0.3, -0.25) is 14.4 Å². The molecule has 2 aliphatic carbocycles. The molecule has 0 aromatic rings. The number of esters is 3. The van der Waals surface area contributed by atoms with Crippen molar-refractivity contribution in [2.75, 3.05) is 20.3 Å². The van der Waals surface area contributed by atoms with Gasteiger partial charge in [0.25, 0.3) is 0 Å². The van der Waals surface area contributed by atoms with Gasteiger partial charge in [-0.25, -0.2) is 0 Å². The Bertz CT molecular complexity index is 454. The highest BCUT2D eigenvalue weighted by Gasteiger charge is 2.63. The molecule has 0 amide bonds. The van der Waals surface area contributed by atoms with Gasteiger partial charge in [-0.1, -0.05) is 6.42 Å². The Morgan fingerprint density at radius 1 is 1.00 bits per heavy atom. The van der Waals surface area contributed by atoms with Crippen LogP contribution in [-0.2, 0) is 28.6 Å². The Morgan fingerprint density at radius 2 is 1.61 bits per heavy atom. The van der Waals surface area contributed by atoms with Crippen molar-refractivity contribution in [3.05, 3.63) is 0 Å². The second kappa shape index (κ2) is 7.32. The molecular formula is C17H26O6. The monoisotopic (exact) mass is 326 g/mol. The van der Waals surface area contributed by atoms with Crippen molar-refractivity contribution in [1.82, 2.24) is 0 Å². The Morgan fingerprint density at radius 3 is 2.13 bits per heavy atom. The summed E-state index contributed by atoms with van der Waals surface area (Å²) in [6, 6.07) is 0. The lowest BCUT2D eigenvalue weighted by atomic mass is 9.65. The molecule has 130 valence electrons. The number of ether oxygens (including phenoxy) is 3. The minimum atomic E-state index is -1.26. The van der Waals surface area contributed by atoms with E-state index in [4.69, 9.17) is 14.2 Å². The zero-order valence-corrected chi connectivity index (χ0v) is 14.1. The maximum Gasteiger partial charge on any atom is 0.323 e. The maximum atomic E-state index is 12.6. The van der Waals surface area contributed by atoms with E-state index in [1.165, 1.54) is 7.11 Å². The van der Waals surface area contributed by atoms with Crippen molar-refractivity contribution in [2.24, 2.45) is 23.2 Å². The van der Waals surface area contributed by atoms with E-state index in [0.29, 0.717) is 12.8 Å². The van der Waals surface area contributed by atoms with E-state index in [2.05, 4.69) is 0 Å². The molecule has 0 aromatic heterocycles. The predicted molar refractivity (Wildman–Crippen MR) is 81.3 cm³/mol. The highest BCUT2D eigenvalue weighted by molar-refractivity contribution is 6.01. The van der Waals surface area contributed by atoms with Gasteiger partial charge in [0.1, 0.15) is 0 Å². The first kappa shape index (κ1) is 17.8. The molecule has 2 saturated carbocycles. The van der Waals surface area contributed by atoms with Crippen LogP contribution in [0.5, 0.6) is 0 Å². The number of hydrogen-bond acceptors (Lipinski definition) is 6. The Labute approximate surface area is 136 Å². The van der Waals surface area contributed by atoms with Crippen LogP contribution in [0, 0.1) is 23.2 Å². The van der Waals surface area contributed by atoms with Crippen molar-refractivity contribution >= 4 is 17.9 Å². The number of carbonyl (C=O) groups excluding carboxylic acids is 3. The number of methoxy groups -OCH3 is 1. The first-order chi connectivity index (χ1) is 11.0. The standard InChI is InChI=1S/C17H26O6/c1-4-22-15(19)17(16(20)23-5-2)10-9-11-12(14(18)21-3)7-6-8-13(11)17/h11-13H,4-10H2,1-3H3/t11-,12?,13+/m1/s1. The summed E-state index contributed by atoms with van der Waals surface area (Å²) in [5.41, 5.74) is -1.26. The van der Waals surface area contributed by atoms with Gasteiger partial charge < -0.3 is 14.2 Å². The van der Waals surface area contributed by atoms with Crippen molar-refractivity contribution < 1.29 is 28.6 Å². The molecule has 0 aromatic carbocycles. The van der Waals surface area contributed by atoms with Crippen LogP contribution < -0.4 is 0 Å². The first-order valence-electron chi connectivity index (χ1n) is 8.45. The van der Waals surface area contributed by atoms with E-state index in [1.54, 1.807) is 13.8 Å². The minimum Gasteiger partial charge on any atom is -0.469 e. The van der Waals surface area contributed by atoms with Crippen molar-refractivity contribution in [3.8, 4) is 0 Å². The van der Waals surface area contributed by atoms with E-state index < -0.39 is 17.4 Å². The summed E-state index contributed by atoms with van der Waals surface area (Å²) in [4.78, 5) is 37.3. The molecule has 0 bridgehead atoms. The molecule has 1 unspecified atom stereocenters. The van der Waals surface area contributed by atoms with E-state index in [0.717, 1.165) is 19.3 Å². The summed E-state index contributed by atoms with van der Waals surface area (Å²) in [6.07, 6.45) is 3.29. The third-order valence-electron chi connectivity index (χ3n) is 5.35. The van der Waals surface area contributed by atoms with Crippen LogP contribution in [0.4, 0.5) is 0 Å². The summed E-state index contributed by atoms with van der Waals surface area (Å²) in [5, 5.41) is 0. The van der Waals surface area contributed by atoms with Crippen LogP contribution in [0.1, 0.15) is 46.0 Å². The second-order valence-electron chi connectivity index (χ2n) is 6.28. The minimum absolute atomic E-state index is 0.0231. The van der Waals surface area contributed by atoms with Crippen LogP contribution in [0.15, 0.2) is 0 Å². The fourth-order valence-electron chi connectivity index (χ4n) is 4.41. The van der Waals surface area contributed by atoms with Gasteiger partial charge in [-0.15, -0.1) is 0 Å². The van der Waals surface area contributed by atoms with Crippen molar-refractivity contribution in [2.45, 2.75) is 46.0 Å². The van der Waals surface area contributed by atoms with Crippen LogP contribution in [0.2, 0.25) is 0 Å². The molecule has 23 heavy (non-hydrogen) atoms. The first-order valence-corrected chi connectivity index (χ1v) is 8.45. The Hall–Kier alpha value is -1.59. The van der Waals surface area contributed by atoms with Crippen LogP contribution >= 0.6 is 0 Å². The molecule has 2 fully saturated rings. The molecule has 0 saturated heterocycles. The zero-order valence-electron chi connectivity index (χ0n) is 14.1. The fourth-order valence-corrected chi connectivity index (χ4v) is 4.41. The lowest BCUT2D eigenvalue weighted by Crippen LogP contribution is -2.48. The zero-order chi connectivity index (χ0) is 17.0. The fraction of sp³-hybridized carbons (Fsp3) is 0.824. The summed E-state index contributed by atoms with van der Waals surface area (Å²) in [7, 11) is 1.38. The van der Waals surface area contributed by atoms with Gasteiger partial charge in [0.2, 0.25) is 0 Å². The highest BCUT2D eigenvalue weighted by Crippen LogP contribution is 2.56. The summed E-state index contributed by atoms with van der Waals surface area (Å²) in [5.74, 6) is -1.73. The number of fused-ring (bicyclic) bond motifs is 1. The van der Waals surface area contributed by atoms with Crippen molar-refractivity contribution in [1.29, 1.82) is 0 Å². The van der Waals surface area contributed by atoms with E-state index in [9.17, 15) is 14.4 Å². The predicted octanol–water partition coefficient (Wildman–Crippen LogP) is 2.10. The maximum absolute atomic E-state index is 12.6. The molecule has 0 N–H and O–H groups in total. The lowest BCUT2D eigenvalue weighted by molar-refractivity contribution is -0.178. The average molecular weight is 326 g/mol. The quantitative estimate of drug-likeness (QED) is 0.437. The van der Waals surface area contributed by atoms with Gasteiger partial charge in [-0.05, 0) is 51.4 Å². The number of rotatable bonds is 5. The SMILES string of the molecule is CCOC(=O)C1(C(=O)OCC)CC[C@@H]2C(C(=O)OC)CCC[C@@H]21. The van der Waals surface area contributed by atoms with Gasteiger partial charge in [0.05, 0.1) is 26.2 Å². The summed E-state index contributed by atoms with van der Waals surface area (Å²) < 4.78 is 15.3. The van der Waals surface area contributed by atoms with Gasteiger partial charge in [0.15, 0.2) is 5.41 Å². The van der Waals surface area contributed by atoms with E-state index >= 15 is 0 Å². The molecule has 2 rings (SSSR count). The lowest BCUT2D eigenvalue weighted by Gasteiger charge is -2.38. The summed E-state index contributed by atoms with van der Waals surface area (Å²) in [6.45, 7) is 3.89. The molecular weight excluding hydrogens is 300 g/mol. The molecule has 0 radical (unpaired) electrons. The number of hydrogen-bond donors (Lipinski definition) is 0. The van der Waals surface area contributed by atoms with Crippen molar-refractivity contribution in [3.63, 3.8) is 0 Å². The third kappa shape index (κ3) is 2.95. The normalized spacial score (nSPS) is 28.6. The average Bonchev–Trinajstić information content (AvgIpc) is 2.95. The Kier molecular flexibility index (Phi) is 5.65. The second-order valence-corrected chi connectivity index (χ2v) is 6.28. The van der Waals surface area contributed by atoms with Gasteiger partial charge in [0, 0.05) is 0 Å². The molecule has 0 heterocycles. The van der Waals surface area contributed by atoms with E-state index in [-0.39, 0.29) is 36.9 Å².